The third-order valence-corrected chi connectivity index (χ3v) is 8.61. The van der Waals surface area contributed by atoms with Crippen molar-refractivity contribution in [2.45, 2.75) is 76.2 Å². The Morgan fingerprint density at radius 3 is 2.63 bits per heavy atom. The van der Waals surface area contributed by atoms with E-state index >= 15 is 0 Å². The van der Waals surface area contributed by atoms with E-state index in [1.54, 1.807) is 0 Å². The van der Waals surface area contributed by atoms with Crippen molar-refractivity contribution >= 4 is 5.91 Å². The van der Waals surface area contributed by atoms with E-state index in [1.165, 1.54) is 31.2 Å². The largest absolute Gasteiger partial charge is 0.381 e. The molecule has 3 heteroatoms. The van der Waals surface area contributed by atoms with Crippen molar-refractivity contribution in [1.29, 1.82) is 0 Å². The van der Waals surface area contributed by atoms with Crippen LogP contribution in [0.1, 0.15) is 70.3 Å². The van der Waals surface area contributed by atoms with Gasteiger partial charge in [-0.05, 0) is 62.3 Å². The van der Waals surface area contributed by atoms with Crippen molar-refractivity contribution in [2.24, 2.45) is 16.7 Å². The van der Waals surface area contributed by atoms with Crippen LogP contribution in [-0.2, 0) is 14.9 Å². The highest BCUT2D eigenvalue weighted by molar-refractivity contribution is 5.86. The highest BCUT2D eigenvalue weighted by Crippen LogP contribution is 2.81. The maximum absolute atomic E-state index is 13.7. The summed E-state index contributed by atoms with van der Waals surface area (Å²) in [5, 5.41) is 3.51. The Kier molecular flexibility index (Phi) is 4.16. The van der Waals surface area contributed by atoms with Gasteiger partial charge >= 0.3 is 0 Å². The number of ether oxygens (including phenoxy) is 1. The number of amides is 1. The molecule has 0 spiro atoms. The minimum absolute atomic E-state index is 0.0439. The van der Waals surface area contributed by atoms with Gasteiger partial charge in [0.25, 0.3) is 0 Å². The van der Waals surface area contributed by atoms with E-state index in [0.717, 1.165) is 45.3 Å². The van der Waals surface area contributed by atoms with Crippen molar-refractivity contribution in [1.82, 2.24) is 5.32 Å². The Morgan fingerprint density at radius 2 is 1.89 bits per heavy atom. The summed E-state index contributed by atoms with van der Waals surface area (Å²) in [6, 6.07) is 11.4. The van der Waals surface area contributed by atoms with Crippen molar-refractivity contribution < 1.29 is 9.53 Å². The van der Waals surface area contributed by atoms with Crippen LogP contribution in [0, 0.1) is 16.7 Å². The monoisotopic (exact) mass is 367 g/mol. The summed E-state index contributed by atoms with van der Waals surface area (Å²) in [7, 11) is 0. The van der Waals surface area contributed by atoms with Gasteiger partial charge in [-0.25, -0.2) is 0 Å². The molecule has 27 heavy (non-hydrogen) atoms. The second-order valence-electron chi connectivity index (χ2n) is 9.79. The van der Waals surface area contributed by atoms with E-state index in [9.17, 15) is 4.79 Å². The number of rotatable bonds is 6. The highest BCUT2D eigenvalue weighted by atomic mass is 16.5. The Bertz CT molecular complexity index is 712. The van der Waals surface area contributed by atoms with Gasteiger partial charge in [-0.1, -0.05) is 49.6 Å². The summed E-state index contributed by atoms with van der Waals surface area (Å²) in [5.74, 6) is 0.990. The Labute approximate surface area is 163 Å². The van der Waals surface area contributed by atoms with Gasteiger partial charge in [0.05, 0.1) is 12.0 Å². The SMILES string of the molecule is CCOC[C@]12CC3CC1(C(=O)NC1CCCCC1)C[C@]3(c1ccccc1)C2. The van der Waals surface area contributed by atoms with Crippen molar-refractivity contribution in [2.75, 3.05) is 13.2 Å². The van der Waals surface area contributed by atoms with E-state index in [4.69, 9.17) is 4.74 Å². The molecule has 2 unspecified atom stereocenters. The normalized spacial score (nSPS) is 40.0. The third-order valence-electron chi connectivity index (χ3n) is 8.61. The molecular formula is C24H33NO2. The van der Waals surface area contributed by atoms with Gasteiger partial charge in [0.15, 0.2) is 0 Å². The summed E-state index contributed by atoms with van der Waals surface area (Å²) < 4.78 is 6.00. The van der Waals surface area contributed by atoms with Gasteiger partial charge in [-0.3, -0.25) is 4.79 Å². The second-order valence-corrected chi connectivity index (χ2v) is 9.79. The van der Waals surface area contributed by atoms with Crippen LogP contribution in [0.5, 0.6) is 0 Å². The Morgan fingerprint density at radius 1 is 1.11 bits per heavy atom. The van der Waals surface area contributed by atoms with Gasteiger partial charge in [-0.15, -0.1) is 0 Å². The number of carbonyl (C=O) groups excluding carboxylic acids is 1. The number of hydrogen-bond acceptors (Lipinski definition) is 2. The van der Waals surface area contributed by atoms with E-state index in [0.29, 0.717) is 17.9 Å². The minimum atomic E-state index is -0.208. The van der Waals surface area contributed by atoms with Gasteiger partial charge in [0.2, 0.25) is 5.91 Å². The predicted molar refractivity (Wildman–Crippen MR) is 106 cm³/mol. The molecule has 5 saturated carbocycles. The molecular weight excluding hydrogens is 334 g/mol. The van der Waals surface area contributed by atoms with Crippen LogP contribution in [0.4, 0.5) is 0 Å². The molecule has 3 nitrogen and oxygen atoms in total. The maximum atomic E-state index is 13.7. The molecule has 6 rings (SSSR count). The number of carbonyl (C=O) groups is 1. The number of nitrogens with one attached hydrogen (secondary N) is 1. The van der Waals surface area contributed by atoms with Gasteiger partial charge < -0.3 is 10.1 Å². The van der Waals surface area contributed by atoms with Crippen molar-refractivity contribution in [3.05, 3.63) is 35.9 Å². The lowest BCUT2D eigenvalue weighted by atomic mass is 9.67. The lowest BCUT2D eigenvalue weighted by Crippen LogP contribution is -2.51. The summed E-state index contributed by atoms with van der Waals surface area (Å²) in [4.78, 5) is 13.7. The zero-order valence-corrected chi connectivity index (χ0v) is 16.6. The summed E-state index contributed by atoms with van der Waals surface area (Å²) >= 11 is 0. The first kappa shape index (κ1) is 17.7. The molecule has 5 aliphatic rings. The molecule has 1 aromatic carbocycles. The lowest BCUT2D eigenvalue weighted by Gasteiger charge is -2.40. The Balaban J connectivity index is 1.47. The first-order valence-electron chi connectivity index (χ1n) is 11.1. The molecule has 1 aromatic rings. The smallest absolute Gasteiger partial charge is 0.227 e. The molecule has 5 aliphatic carbocycles. The quantitative estimate of drug-likeness (QED) is 0.798. The van der Waals surface area contributed by atoms with Crippen LogP contribution in [-0.4, -0.2) is 25.2 Å². The van der Waals surface area contributed by atoms with E-state index in [2.05, 4.69) is 42.6 Å². The van der Waals surface area contributed by atoms with Crippen molar-refractivity contribution in [3.8, 4) is 0 Å². The van der Waals surface area contributed by atoms with Crippen LogP contribution < -0.4 is 5.32 Å². The van der Waals surface area contributed by atoms with Gasteiger partial charge in [-0.2, -0.15) is 0 Å². The van der Waals surface area contributed by atoms with Gasteiger partial charge in [0, 0.05) is 18.1 Å². The lowest BCUT2D eigenvalue weighted by molar-refractivity contribution is -0.139. The zero-order chi connectivity index (χ0) is 18.5. The predicted octanol–water partition coefficient (Wildman–Crippen LogP) is 4.60. The molecule has 0 radical (unpaired) electrons. The number of hydrogen-bond donors (Lipinski definition) is 1. The molecule has 0 aromatic heterocycles. The average molecular weight is 368 g/mol. The molecule has 5 fully saturated rings. The number of benzene rings is 1. The second kappa shape index (κ2) is 6.34. The maximum Gasteiger partial charge on any atom is 0.227 e. The van der Waals surface area contributed by atoms with E-state index < -0.39 is 0 Å². The fourth-order valence-electron chi connectivity index (χ4n) is 7.50. The highest BCUT2D eigenvalue weighted by Gasteiger charge is 2.80. The van der Waals surface area contributed by atoms with Crippen molar-refractivity contribution in [3.63, 3.8) is 0 Å². The summed E-state index contributed by atoms with van der Waals surface area (Å²) in [6.07, 6.45) is 10.6. The molecule has 1 amide bonds. The third kappa shape index (κ3) is 2.40. The Hall–Kier alpha value is -1.35. The first-order chi connectivity index (χ1) is 13.1. The molecule has 0 aliphatic heterocycles. The van der Waals surface area contributed by atoms with Crippen LogP contribution in [0.2, 0.25) is 0 Å². The van der Waals surface area contributed by atoms with Crippen LogP contribution in [0.3, 0.4) is 0 Å². The molecule has 146 valence electrons. The van der Waals surface area contributed by atoms with Crippen LogP contribution >= 0.6 is 0 Å². The molecule has 0 heterocycles. The van der Waals surface area contributed by atoms with Crippen LogP contribution in [0.15, 0.2) is 30.3 Å². The summed E-state index contributed by atoms with van der Waals surface area (Å²) in [5.41, 5.74) is 1.49. The molecule has 0 saturated heterocycles. The summed E-state index contributed by atoms with van der Waals surface area (Å²) in [6.45, 7) is 3.57. The standard InChI is InChI=1S/C24H33NO2/c1-2-27-17-22-13-19-14-24(22,21(26)25-20-11-7-4-8-12-20)16-23(19,15-22)18-9-5-3-6-10-18/h3,5-6,9-10,19-20H,2,4,7-8,11-17H2,1H3,(H,25,26)/t19?,22-,23+,24?/m1/s1. The average Bonchev–Trinajstić information content (AvgIpc) is 3.38. The fourth-order valence-corrected chi connectivity index (χ4v) is 7.50. The topological polar surface area (TPSA) is 38.3 Å². The van der Waals surface area contributed by atoms with E-state index in [1.807, 2.05) is 0 Å². The molecule has 1 N–H and O–H groups in total. The minimum Gasteiger partial charge on any atom is -0.381 e. The van der Waals surface area contributed by atoms with Crippen LogP contribution in [0.25, 0.3) is 0 Å². The first-order valence-corrected chi connectivity index (χ1v) is 11.1. The zero-order valence-electron chi connectivity index (χ0n) is 16.6. The molecule has 4 bridgehead atoms. The molecule has 4 atom stereocenters. The van der Waals surface area contributed by atoms with Gasteiger partial charge in [0.1, 0.15) is 0 Å². The van der Waals surface area contributed by atoms with E-state index in [-0.39, 0.29) is 16.2 Å². The fraction of sp³-hybridized carbons (Fsp3) is 0.708.